The monoisotopic (exact) mass is 415 g/mol. The number of fused-ring (bicyclic) bond motifs is 2. The minimum atomic E-state index is -4.03. The Balaban J connectivity index is 1.41. The maximum atomic E-state index is 13.4. The van der Waals surface area contributed by atoms with Crippen LogP contribution in [0.25, 0.3) is 11.4 Å². The van der Waals surface area contributed by atoms with Crippen LogP contribution in [-0.4, -0.2) is 35.8 Å². The Morgan fingerprint density at radius 2 is 1.72 bits per heavy atom. The van der Waals surface area contributed by atoms with Gasteiger partial charge in [-0.25, -0.2) is 27.2 Å². The predicted molar refractivity (Wildman–Crippen MR) is 99.1 cm³/mol. The van der Waals surface area contributed by atoms with Crippen LogP contribution in [0.5, 0.6) is 0 Å². The van der Waals surface area contributed by atoms with E-state index in [1.165, 1.54) is 0 Å². The second kappa shape index (κ2) is 6.38. The van der Waals surface area contributed by atoms with Crippen LogP contribution in [0.2, 0.25) is 0 Å². The molecule has 0 atom stereocenters. The molecule has 0 saturated carbocycles. The molecule has 5 rings (SSSR count). The van der Waals surface area contributed by atoms with Crippen LogP contribution >= 0.6 is 0 Å². The van der Waals surface area contributed by atoms with Crippen LogP contribution in [-0.2, 0) is 27.0 Å². The molecule has 0 bridgehead atoms. The molecule has 1 fully saturated rings. The standard InChI is InChI=1S/C20H15F2N3O3S/c21-14-6-15(22)8-16(7-14)29(26,27)25-11-20(12-25)17-9-23-19(24-18(17)10-28-20)13-4-2-1-3-5-13/h1-9H,10-12H2. The van der Waals surface area contributed by atoms with E-state index in [0.29, 0.717) is 17.6 Å². The van der Waals surface area contributed by atoms with E-state index in [2.05, 4.69) is 9.97 Å². The third kappa shape index (κ3) is 2.93. The summed E-state index contributed by atoms with van der Waals surface area (Å²) in [5, 5.41) is 0. The van der Waals surface area contributed by atoms with Gasteiger partial charge in [0, 0.05) is 36.5 Å². The second-order valence-corrected chi connectivity index (χ2v) is 9.02. The molecule has 2 aliphatic rings. The molecule has 0 aliphatic carbocycles. The van der Waals surface area contributed by atoms with Crippen LogP contribution in [0, 0.1) is 11.6 Å². The molecule has 0 amide bonds. The lowest BCUT2D eigenvalue weighted by Gasteiger charge is -2.46. The fraction of sp³-hybridized carbons (Fsp3) is 0.200. The normalized spacial score (nSPS) is 17.9. The Hall–Kier alpha value is -2.75. The predicted octanol–water partition coefficient (Wildman–Crippen LogP) is 2.85. The Morgan fingerprint density at radius 1 is 1.03 bits per heavy atom. The zero-order chi connectivity index (χ0) is 20.2. The minimum absolute atomic E-state index is 0.0362. The molecule has 6 nitrogen and oxygen atoms in total. The smallest absolute Gasteiger partial charge is 0.243 e. The van der Waals surface area contributed by atoms with E-state index in [4.69, 9.17) is 4.74 Å². The largest absolute Gasteiger partial charge is 0.361 e. The van der Waals surface area contributed by atoms with Crippen molar-refractivity contribution >= 4 is 10.0 Å². The van der Waals surface area contributed by atoms with Gasteiger partial charge in [0.05, 0.1) is 17.2 Å². The molecule has 0 N–H and O–H groups in total. The van der Waals surface area contributed by atoms with Crippen molar-refractivity contribution < 1.29 is 21.9 Å². The summed E-state index contributed by atoms with van der Waals surface area (Å²) < 4.78 is 59.4. The molecule has 29 heavy (non-hydrogen) atoms. The van der Waals surface area contributed by atoms with Gasteiger partial charge in [-0.3, -0.25) is 0 Å². The minimum Gasteiger partial charge on any atom is -0.361 e. The molecule has 2 aliphatic heterocycles. The van der Waals surface area contributed by atoms with Crippen LogP contribution in [0.1, 0.15) is 11.3 Å². The van der Waals surface area contributed by atoms with Gasteiger partial charge < -0.3 is 4.74 Å². The molecule has 0 unspecified atom stereocenters. The summed E-state index contributed by atoms with van der Waals surface area (Å²) in [6, 6.07) is 11.8. The maximum Gasteiger partial charge on any atom is 0.243 e. The molecule has 1 spiro atoms. The SMILES string of the molecule is O=S(=O)(c1cc(F)cc(F)c1)N1CC2(C1)OCc1nc(-c3ccccc3)ncc12. The van der Waals surface area contributed by atoms with E-state index in [-0.39, 0.29) is 19.7 Å². The number of ether oxygens (including phenoxy) is 1. The first-order valence-electron chi connectivity index (χ1n) is 8.89. The van der Waals surface area contributed by atoms with Crippen molar-refractivity contribution in [1.29, 1.82) is 0 Å². The van der Waals surface area contributed by atoms with Crippen molar-refractivity contribution in [2.45, 2.75) is 17.1 Å². The summed E-state index contributed by atoms with van der Waals surface area (Å²) in [5.41, 5.74) is 1.51. The highest BCUT2D eigenvalue weighted by Crippen LogP contribution is 2.44. The van der Waals surface area contributed by atoms with E-state index in [1.54, 1.807) is 6.20 Å². The molecule has 3 heterocycles. The lowest BCUT2D eigenvalue weighted by molar-refractivity contribution is -0.112. The van der Waals surface area contributed by atoms with Gasteiger partial charge >= 0.3 is 0 Å². The van der Waals surface area contributed by atoms with Gasteiger partial charge in [0.25, 0.3) is 0 Å². The average molecular weight is 415 g/mol. The van der Waals surface area contributed by atoms with Gasteiger partial charge in [0.15, 0.2) is 5.82 Å². The van der Waals surface area contributed by atoms with Gasteiger partial charge in [-0.2, -0.15) is 4.31 Å². The first-order chi connectivity index (χ1) is 13.9. The van der Waals surface area contributed by atoms with Gasteiger partial charge in [-0.1, -0.05) is 30.3 Å². The molecule has 2 aromatic carbocycles. The lowest BCUT2D eigenvalue weighted by Crippen LogP contribution is -2.61. The highest BCUT2D eigenvalue weighted by Gasteiger charge is 2.55. The van der Waals surface area contributed by atoms with Gasteiger partial charge in [0.1, 0.15) is 17.2 Å². The fourth-order valence-electron chi connectivity index (χ4n) is 3.70. The summed E-state index contributed by atoms with van der Waals surface area (Å²) in [6.07, 6.45) is 1.67. The third-order valence-electron chi connectivity index (χ3n) is 5.21. The van der Waals surface area contributed by atoms with Gasteiger partial charge in [0.2, 0.25) is 10.0 Å². The number of hydrogen-bond donors (Lipinski definition) is 0. The van der Waals surface area contributed by atoms with E-state index >= 15 is 0 Å². The zero-order valence-corrected chi connectivity index (χ0v) is 15.9. The summed E-state index contributed by atoms with van der Waals surface area (Å²) in [7, 11) is -4.03. The van der Waals surface area contributed by atoms with E-state index in [9.17, 15) is 17.2 Å². The van der Waals surface area contributed by atoms with Gasteiger partial charge in [-0.05, 0) is 12.1 Å². The number of benzene rings is 2. The molecule has 9 heteroatoms. The number of halogens is 2. The van der Waals surface area contributed by atoms with E-state index in [1.807, 2.05) is 30.3 Å². The van der Waals surface area contributed by atoms with Crippen LogP contribution in [0.4, 0.5) is 8.78 Å². The Kier molecular flexibility index (Phi) is 4.02. The second-order valence-electron chi connectivity index (χ2n) is 7.08. The fourth-order valence-corrected chi connectivity index (χ4v) is 5.28. The molecule has 0 radical (unpaired) electrons. The first-order valence-corrected chi connectivity index (χ1v) is 10.3. The molecular formula is C20H15F2N3O3S. The summed E-state index contributed by atoms with van der Waals surface area (Å²) in [6.45, 7) is 0.323. The summed E-state index contributed by atoms with van der Waals surface area (Å²) >= 11 is 0. The molecule has 3 aromatic rings. The van der Waals surface area contributed by atoms with E-state index in [0.717, 1.165) is 27.6 Å². The Labute approximate surface area is 165 Å². The molecule has 148 valence electrons. The van der Waals surface area contributed by atoms with E-state index < -0.39 is 32.2 Å². The molecule has 1 saturated heterocycles. The number of nitrogens with zero attached hydrogens (tertiary/aromatic N) is 3. The van der Waals surface area contributed by atoms with Gasteiger partial charge in [-0.15, -0.1) is 0 Å². The number of aromatic nitrogens is 2. The quantitative estimate of drug-likeness (QED) is 0.658. The van der Waals surface area contributed by atoms with Crippen LogP contribution in [0.3, 0.4) is 0 Å². The Morgan fingerprint density at radius 3 is 2.41 bits per heavy atom. The van der Waals surface area contributed by atoms with Crippen molar-refractivity contribution in [2.75, 3.05) is 13.1 Å². The zero-order valence-electron chi connectivity index (χ0n) is 15.0. The van der Waals surface area contributed by atoms with Crippen molar-refractivity contribution in [1.82, 2.24) is 14.3 Å². The molecule has 1 aromatic heterocycles. The third-order valence-corrected chi connectivity index (χ3v) is 6.98. The number of sulfonamides is 1. The van der Waals surface area contributed by atoms with Crippen molar-refractivity contribution in [3.05, 3.63) is 77.6 Å². The molecular weight excluding hydrogens is 400 g/mol. The van der Waals surface area contributed by atoms with Crippen molar-refractivity contribution in [3.63, 3.8) is 0 Å². The summed E-state index contributed by atoms with van der Waals surface area (Å²) in [5.74, 6) is -1.31. The highest BCUT2D eigenvalue weighted by atomic mass is 32.2. The van der Waals surface area contributed by atoms with Crippen molar-refractivity contribution in [2.24, 2.45) is 0 Å². The van der Waals surface area contributed by atoms with Crippen LogP contribution < -0.4 is 0 Å². The number of rotatable bonds is 3. The topological polar surface area (TPSA) is 72.4 Å². The first kappa shape index (κ1) is 18.3. The highest BCUT2D eigenvalue weighted by molar-refractivity contribution is 7.89. The maximum absolute atomic E-state index is 13.4. The average Bonchev–Trinajstić information content (AvgIpc) is 3.06. The summed E-state index contributed by atoms with van der Waals surface area (Å²) in [4.78, 5) is 8.56. The lowest BCUT2D eigenvalue weighted by atomic mass is 9.90. The number of hydrogen-bond acceptors (Lipinski definition) is 5. The Bertz CT molecular complexity index is 1190. The van der Waals surface area contributed by atoms with Crippen LogP contribution in [0.15, 0.2) is 59.6 Å². The van der Waals surface area contributed by atoms with Crippen molar-refractivity contribution in [3.8, 4) is 11.4 Å².